The summed E-state index contributed by atoms with van der Waals surface area (Å²) in [4.78, 5) is 20.2. The first-order valence-electron chi connectivity index (χ1n) is 14.3. The summed E-state index contributed by atoms with van der Waals surface area (Å²) < 4.78 is 29.2. The van der Waals surface area contributed by atoms with Gasteiger partial charge in [0.2, 0.25) is 0 Å². The highest BCUT2D eigenvalue weighted by Gasteiger charge is 2.43. The van der Waals surface area contributed by atoms with E-state index in [0.717, 1.165) is 43.7 Å². The van der Waals surface area contributed by atoms with E-state index >= 15 is 0 Å². The maximum atomic E-state index is 14.8. The van der Waals surface area contributed by atoms with Crippen LogP contribution in [-0.4, -0.2) is 62.7 Å². The molecule has 4 aromatic rings. The summed E-state index contributed by atoms with van der Waals surface area (Å²) in [5.74, 6) is -0.516. The number of rotatable bonds is 8. The molecule has 1 fully saturated rings. The standard InChI is InChI=1S/C32H32ClFN6O4/c1-32(23-8-7-21(33)15-24(23)34)43-27-5-3-4-22(30(27)44-32)19-10-12-39(13-11-19)17-29-37-25-9-6-20(31(41)42)14-26(25)40(29)16-28(36)38(2)18-35/h3-9,14-15,18-19,35-36H,10-13,16-17H2,1-2H3,(H,41,42). The molecule has 3 heterocycles. The lowest BCUT2D eigenvalue weighted by Gasteiger charge is -2.32. The number of carbonyl (C=O) groups is 1. The molecule has 3 aromatic carbocycles. The summed E-state index contributed by atoms with van der Waals surface area (Å²) in [6.45, 7) is 3.93. The van der Waals surface area contributed by atoms with E-state index in [1.54, 1.807) is 38.2 Å². The van der Waals surface area contributed by atoms with Crippen molar-refractivity contribution in [2.45, 2.75) is 44.6 Å². The lowest BCUT2D eigenvalue weighted by Crippen LogP contribution is -2.35. The summed E-state index contributed by atoms with van der Waals surface area (Å²) >= 11 is 5.96. The Hall–Kier alpha value is -4.48. The first kappa shape index (κ1) is 29.6. The van der Waals surface area contributed by atoms with Crippen molar-refractivity contribution in [3.8, 4) is 11.5 Å². The molecular weight excluding hydrogens is 587 g/mol. The zero-order chi connectivity index (χ0) is 31.2. The Morgan fingerprint density at radius 1 is 1.20 bits per heavy atom. The zero-order valence-corrected chi connectivity index (χ0v) is 25.1. The van der Waals surface area contributed by atoms with Crippen molar-refractivity contribution in [3.05, 3.63) is 88.0 Å². The molecule has 0 aliphatic carbocycles. The molecule has 44 heavy (non-hydrogen) atoms. The summed E-state index contributed by atoms with van der Waals surface area (Å²) in [5, 5.41) is 25.8. The number of likely N-dealkylation sites (tertiary alicyclic amines) is 1. The Bertz CT molecular complexity index is 1790. The third kappa shape index (κ3) is 5.48. The Balaban J connectivity index is 1.20. The van der Waals surface area contributed by atoms with Gasteiger partial charge in [0.25, 0.3) is 5.79 Å². The molecule has 2 aliphatic heterocycles. The number of benzene rings is 3. The fourth-order valence-electron chi connectivity index (χ4n) is 5.98. The van der Waals surface area contributed by atoms with Crippen LogP contribution in [0.5, 0.6) is 11.5 Å². The zero-order valence-electron chi connectivity index (χ0n) is 24.3. The highest BCUT2D eigenvalue weighted by molar-refractivity contribution is 6.30. The van der Waals surface area contributed by atoms with E-state index in [-0.39, 0.29) is 29.4 Å². The molecule has 2 aliphatic rings. The Morgan fingerprint density at radius 2 is 1.98 bits per heavy atom. The molecule has 12 heteroatoms. The van der Waals surface area contributed by atoms with Crippen LogP contribution in [0.4, 0.5) is 4.39 Å². The van der Waals surface area contributed by atoms with Crippen molar-refractivity contribution >= 4 is 40.8 Å². The number of nitrogens with zero attached hydrogens (tertiary/aromatic N) is 4. The van der Waals surface area contributed by atoms with Crippen LogP contribution in [0.1, 0.15) is 53.0 Å². The molecule has 3 N–H and O–H groups in total. The molecule has 6 rings (SSSR count). The van der Waals surface area contributed by atoms with Crippen molar-refractivity contribution in [1.29, 1.82) is 10.8 Å². The van der Waals surface area contributed by atoms with Crippen LogP contribution in [0.3, 0.4) is 0 Å². The first-order chi connectivity index (χ1) is 21.1. The van der Waals surface area contributed by atoms with E-state index < -0.39 is 17.6 Å². The minimum absolute atomic E-state index is 0.148. The van der Waals surface area contributed by atoms with Gasteiger partial charge in [-0.05, 0) is 74.3 Å². The molecule has 1 atom stereocenters. The molecule has 0 spiro atoms. The number of ether oxygens (including phenoxy) is 2. The van der Waals surface area contributed by atoms with Crippen LogP contribution in [0.2, 0.25) is 5.02 Å². The van der Waals surface area contributed by atoms with Crippen molar-refractivity contribution in [2.75, 3.05) is 20.1 Å². The van der Waals surface area contributed by atoms with Gasteiger partial charge in [0.1, 0.15) is 17.5 Å². The Kier molecular flexibility index (Phi) is 7.77. The molecule has 10 nitrogen and oxygen atoms in total. The van der Waals surface area contributed by atoms with Crippen LogP contribution in [0.15, 0.2) is 54.6 Å². The van der Waals surface area contributed by atoms with E-state index in [9.17, 15) is 14.3 Å². The minimum atomic E-state index is -1.31. The Morgan fingerprint density at radius 3 is 2.68 bits per heavy atom. The number of aromatic carboxylic acids is 1. The van der Waals surface area contributed by atoms with Crippen molar-refractivity contribution < 1.29 is 23.8 Å². The van der Waals surface area contributed by atoms with Gasteiger partial charge in [0.05, 0.1) is 41.6 Å². The number of carboxylic acids is 1. The molecule has 0 radical (unpaired) electrons. The largest absolute Gasteiger partial charge is 0.478 e. The lowest BCUT2D eigenvalue weighted by atomic mass is 9.88. The molecule has 1 aromatic heterocycles. The normalized spacial score (nSPS) is 18.5. The van der Waals surface area contributed by atoms with Gasteiger partial charge in [-0.25, -0.2) is 14.2 Å². The molecule has 228 valence electrons. The van der Waals surface area contributed by atoms with Gasteiger partial charge in [0, 0.05) is 24.6 Å². The number of aromatic nitrogens is 2. The van der Waals surface area contributed by atoms with Crippen molar-refractivity contribution in [1.82, 2.24) is 19.4 Å². The van der Waals surface area contributed by atoms with E-state index in [4.69, 9.17) is 36.9 Å². The minimum Gasteiger partial charge on any atom is -0.478 e. The van der Waals surface area contributed by atoms with E-state index in [1.165, 1.54) is 17.0 Å². The molecule has 0 bridgehead atoms. The molecule has 0 amide bonds. The molecular formula is C32H32ClFN6O4. The van der Waals surface area contributed by atoms with Gasteiger partial charge in [-0.3, -0.25) is 15.7 Å². The van der Waals surface area contributed by atoms with Gasteiger partial charge in [-0.15, -0.1) is 0 Å². The van der Waals surface area contributed by atoms with Gasteiger partial charge in [-0.1, -0.05) is 23.7 Å². The van der Waals surface area contributed by atoms with Crippen LogP contribution in [0, 0.1) is 16.6 Å². The van der Waals surface area contributed by atoms with Crippen molar-refractivity contribution in [2.24, 2.45) is 0 Å². The van der Waals surface area contributed by atoms with E-state index in [2.05, 4.69) is 4.90 Å². The average molecular weight is 619 g/mol. The Labute approximate surface area is 258 Å². The number of imidazole rings is 1. The van der Waals surface area contributed by atoms with Crippen LogP contribution < -0.4 is 9.47 Å². The highest BCUT2D eigenvalue weighted by atomic mass is 35.5. The second kappa shape index (κ2) is 11.5. The maximum absolute atomic E-state index is 14.8. The lowest BCUT2D eigenvalue weighted by molar-refractivity contribution is -0.0712. The number of likely N-dealkylation sites (N-methyl/N-ethyl adjacent to an activating group) is 1. The first-order valence-corrected chi connectivity index (χ1v) is 14.7. The van der Waals surface area contributed by atoms with E-state index in [0.29, 0.717) is 34.1 Å². The number of carboxylic acid groups (broad SMARTS) is 1. The third-order valence-electron chi connectivity index (χ3n) is 8.43. The quantitative estimate of drug-likeness (QED) is 0.162. The fourth-order valence-corrected chi connectivity index (χ4v) is 6.14. The van der Waals surface area contributed by atoms with Gasteiger partial charge in [-0.2, -0.15) is 0 Å². The number of halogens is 2. The number of fused-ring (bicyclic) bond motifs is 2. The van der Waals surface area contributed by atoms with Crippen LogP contribution >= 0.6 is 11.6 Å². The predicted molar refractivity (Wildman–Crippen MR) is 165 cm³/mol. The SMILES string of the molecule is CN(C=N)C(=N)Cn1c(CN2CCC(c3cccc4c3OC(C)(c3ccc(Cl)cc3F)O4)CC2)nc2ccc(C(=O)O)cc21. The van der Waals surface area contributed by atoms with Gasteiger partial charge >= 0.3 is 5.97 Å². The monoisotopic (exact) mass is 618 g/mol. The second-order valence-electron chi connectivity index (χ2n) is 11.3. The molecule has 1 unspecified atom stereocenters. The third-order valence-corrected chi connectivity index (χ3v) is 8.66. The number of hydrogen-bond donors (Lipinski definition) is 3. The summed E-state index contributed by atoms with van der Waals surface area (Å²) in [5.41, 5.74) is 2.74. The van der Waals surface area contributed by atoms with E-state index in [1.807, 2.05) is 22.8 Å². The summed E-state index contributed by atoms with van der Waals surface area (Å²) in [6, 6.07) is 15.1. The van der Waals surface area contributed by atoms with Crippen LogP contribution in [-0.2, 0) is 18.9 Å². The number of hydrogen-bond acceptors (Lipinski definition) is 7. The number of nitrogens with one attached hydrogen (secondary N) is 2. The summed E-state index contributed by atoms with van der Waals surface area (Å²) in [6.07, 6.45) is 2.77. The molecule has 0 saturated carbocycles. The number of para-hydroxylation sites is 1. The smallest absolute Gasteiger partial charge is 0.335 e. The van der Waals surface area contributed by atoms with Gasteiger partial charge in [0.15, 0.2) is 11.5 Å². The number of piperidine rings is 1. The average Bonchev–Trinajstić information content (AvgIpc) is 3.53. The highest BCUT2D eigenvalue weighted by Crippen LogP contribution is 2.49. The fraction of sp³-hybridized carbons (Fsp3) is 0.312. The topological polar surface area (TPSA) is 128 Å². The van der Waals surface area contributed by atoms with Gasteiger partial charge < -0.3 is 24.0 Å². The summed E-state index contributed by atoms with van der Waals surface area (Å²) in [7, 11) is 1.63. The maximum Gasteiger partial charge on any atom is 0.335 e. The van der Waals surface area contributed by atoms with Crippen LogP contribution in [0.25, 0.3) is 11.0 Å². The predicted octanol–water partition coefficient (Wildman–Crippen LogP) is 6.07. The number of amidine groups is 1. The molecule has 1 saturated heterocycles. The van der Waals surface area contributed by atoms with Crippen molar-refractivity contribution in [3.63, 3.8) is 0 Å². The second-order valence-corrected chi connectivity index (χ2v) is 11.7.